The van der Waals surface area contributed by atoms with Crippen molar-refractivity contribution < 1.29 is 14.4 Å². The van der Waals surface area contributed by atoms with E-state index in [9.17, 15) is 14.4 Å². The van der Waals surface area contributed by atoms with Gasteiger partial charge in [0.1, 0.15) is 0 Å². The second-order valence-corrected chi connectivity index (χ2v) is 9.25. The molecule has 0 spiro atoms. The minimum Gasteiger partial charge on any atom is -0.272 e. The van der Waals surface area contributed by atoms with E-state index in [4.69, 9.17) is 11.6 Å². The van der Waals surface area contributed by atoms with Crippen LogP contribution in [0.1, 0.15) is 45.5 Å². The maximum absolute atomic E-state index is 13.7. The summed E-state index contributed by atoms with van der Waals surface area (Å²) in [5.74, 6) is -2.59. The molecule has 1 heterocycles. The average molecular weight is 443 g/mol. The van der Waals surface area contributed by atoms with Crippen molar-refractivity contribution in [1.82, 2.24) is 10.4 Å². The van der Waals surface area contributed by atoms with Gasteiger partial charge in [-0.3, -0.25) is 19.8 Å². The van der Waals surface area contributed by atoms with Crippen molar-refractivity contribution in [2.45, 2.75) is 18.3 Å². The van der Waals surface area contributed by atoms with E-state index in [2.05, 4.69) is 29.7 Å². The lowest BCUT2D eigenvalue weighted by atomic mass is 9.48. The second-order valence-electron chi connectivity index (χ2n) is 8.82. The van der Waals surface area contributed by atoms with Crippen molar-refractivity contribution in [2.75, 3.05) is 0 Å². The fraction of sp³-hybridized carbons (Fsp3) is 0.192. The minimum atomic E-state index is -0.654. The van der Waals surface area contributed by atoms with Crippen molar-refractivity contribution in [3.05, 3.63) is 106 Å². The summed E-state index contributed by atoms with van der Waals surface area (Å²) in [6.45, 7) is 2.05. The van der Waals surface area contributed by atoms with Crippen LogP contribution in [0.3, 0.4) is 0 Å². The normalized spacial score (nSPS) is 27.1. The number of carbonyl (C=O) groups is 3. The molecule has 2 bridgehead atoms. The number of benzene rings is 3. The molecule has 1 N–H and O–H groups in total. The Morgan fingerprint density at radius 3 is 2.03 bits per heavy atom. The zero-order valence-electron chi connectivity index (χ0n) is 17.2. The lowest BCUT2D eigenvalue weighted by molar-refractivity contribution is -0.143. The van der Waals surface area contributed by atoms with E-state index in [-0.39, 0.29) is 17.7 Å². The Kier molecular flexibility index (Phi) is 3.93. The van der Waals surface area contributed by atoms with Gasteiger partial charge in [-0.1, -0.05) is 67.1 Å². The third-order valence-electron chi connectivity index (χ3n) is 7.36. The van der Waals surface area contributed by atoms with Crippen molar-refractivity contribution in [3.8, 4) is 0 Å². The van der Waals surface area contributed by atoms with Gasteiger partial charge in [0.2, 0.25) is 0 Å². The maximum atomic E-state index is 13.7. The fourth-order valence-corrected chi connectivity index (χ4v) is 6.15. The highest BCUT2D eigenvalue weighted by molar-refractivity contribution is 6.30. The van der Waals surface area contributed by atoms with Crippen molar-refractivity contribution in [3.63, 3.8) is 0 Å². The van der Waals surface area contributed by atoms with Gasteiger partial charge in [-0.25, -0.2) is 0 Å². The van der Waals surface area contributed by atoms with Gasteiger partial charge in [-0.2, -0.15) is 5.01 Å². The zero-order valence-corrected chi connectivity index (χ0v) is 18.0. The second kappa shape index (κ2) is 6.53. The largest absolute Gasteiger partial charge is 0.272 e. The molecule has 0 saturated carbocycles. The minimum absolute atomic E-state index is 0.219. The van der Waals surface area contributed by atoms with Gasteiger partial charge in [0.15, 0.2) is 0 Å². The van der Waals surface area contributed by atoms with E-state index in [1.807, 2.05) is 31.2 Å². The molecule has 0 unspecified atom stereocenters. The van der Waals surface area contributed by atoms with Crippen LogP contribution < -0.4 is 5.43 Å². The molecular formula is C26H19ClN2O3. The van der Waals surface area contributed by atoms with E-state index < -0.39 is 23.2 Å². The van der Waals surface area contributed by atoms with Gasteiger partial charge in [0, 0.05) is 21.9 Å². The van der Waals surface area contributed by atoms with Crippen LogP contribution in [0.5, 0.6) is 0 Å². The van der Waals surface area contributed by atoms with Gasteiger partial charge >= 0.3 is 0 Å². The summed E-state index contributed by atoms with van der Waals surface area (Å²) < 4.78 is 0. The molecule has 1 saturated heterocycles. The Bertz CT molecular complexity index is 1270. The summed E-state index contributed by atoms with van der Waals surface area (Å²) in [6.07, 6.45) is 0. The zero-order chi connectivity index (χ0) is 22.2. The van der Waals surface area contributed by atoms with E-state index in [1.54, 1.807) is 24.3 Å². The molecule has 0 radical (unpaired) electrons. The highest BCUT2D eigenvalue weighted by Crippen LogP contribution is 2.63. The van der Waals surface area contributed by atoms with Crippen LogP contribution in [0.4, 0.5) is 0 Å². The number of hydrogen-bond donors (Lipinski definition) is 1. The van der Waals surface area contributed by atoms with Crippen LogP contribution >= 0.6 is 11.6 Å². The van der Waals surface area contributed by atoms with Crippen LogP contribution in [0.25, 0.3) is 0 Å². The number of rotatable bonds is 2. The lowest BCUT2D eigenvalue weighted by Crippen LogP contribution is -2.52. The molecule has 3 aliphatic carbocycles. The number of hydrazine groups is 1. The molecule has 6 heteroatoms. The molecule has 2 atom stereocenters. The predicted octanol–water partition coefficient (Wildman–Crippen LogP) is 4.05. The van der Waals surface area contributed by atoms with E-state index in [1.165, 1.54) is 0 Å². The van der Waals surface area contributed by atoms with Crippen molar-refractivity contribution in [1.29, 1.82) is 0 Å². The third kappa shape index (κ3) is 2.32. The van der Waals surface area contributed by atoms with Crippen LogP contribution in [0.15, 0.2) is 72.8 Å². The monoisotopic (exact) mass is 442 g/mol. The van der Waals surface area contributed by atoms with Crippen LogP contribution in [-0.2, 0) is 15.0 Å². The molecule has 3 amide bonds. The van der Waals surface area contributed by atoms with Crippen LogP contribution in [0, 0.1) is 11.8 Å². The molecule has 1 aliphatic heterocycles. The lowest BCUT2D eigenvalue weighted by Gasteiger charge is -2.52. The standard InChI is InChI=1S/C26H19ClN2O3/c1-26-18-8-4-2-6-16(18)20(17-7-3-5-9-19(17)26)21-22(26)25(32)29(24(21)31)28-23(30)14-10-12-15(27)13-11-14/h2-13,20-22H,1H3,(H,28,30)/t20?,21-,22-,26?/m0/s1. The highest BCUT2D eigenvalue weighted by atomic mass is 35.5. The molecule has 4 aliphatic rings. The summed E-state index contributed by atoms with van der Waals surface area (Å²) in [7, 11) is 0. The first kappa shape index (κ1) is 19.3. The van der Waals surface area contributed by atoms with Crippen molar-refractivity contribution in [2.24, 2.45) is 11.8 Å². The third-order valence-corrected chi connectivity index (χ3v) is 7.61. The number of carbonyl (C=O) groups excluding carboxylic acids is 3. The first-order valence-electron chi connectivity index (χ1n) is 10.6. The summed E-state index contributed by atoms with van der Waals surface area (Å²) >= 11 is 5.91. The summed E-state index contributed by atoms with van der Waals surface area (Å²) in [5.41, 5.74) is 6.56. The van der Waals surface area contributed by atoms with Gasteiger partial charge < -0.3 is 0 Å². The first-order chi connectivity index (χ1) is 15.4. The Labute approximate surface area is 190 Å². The molecule has 0 aromatic heterocycles. The predicted molar refractivity (Wildman–Crippen MR) is 119 cm³/mol. The van der Waals surface area contributed by atoms with E-state index in [0.29, 0.717) is 10.6 Å². The Balaban J connectivity index is 1.45. The number of nitrogens with zero attached hydrogens (tertiary/aromatic N) is 1. The smallest absolute Gasteiger partial charge is 0.270 e. The number of amides is 3. The van der Waals surface area contributed by atoms with Gasteiger partial charge in [0.25, 0.3) is 17.7 Å². The fourth-order valence-electron chi connectivity index (χ4n) is 6.03. The van der Waals surface area contributed by atoms with E-state index in [0.717, 1.165) is 27.3 Å². The quantitative estimate of drug-likeness (QED) is 0.609. The number of imide groups is 1. The molecule has 32 heavy (non-hydrogen) atoms. The molecule has 1 fully saturated rings. The number of hydrogen-bond acceptors (Lipinski definition) is 3. The topological polar surface area (TPSA) is 66.5 Å². The highest BCUT2D eigenvalue weighted by Gasteiger charge is 2.66. The van der Waals surface area contributed by atoms with Gasteiger partial charge in [-0.05, 0) is 46.5 Å². The average Bonchev–Trinajstić information content (AvgIpc) is 3.06. The molecule has 3 aromatic carbocycles. The molecule has 7 rings (SSSR count). The van der Waals surface area contributed by atoms with Crippen molar-refractivity contribution >= 4 is 29.3 Å². The Morgan fingerprint density at radius 1 is 0.875 bits per heavy atom. The molecule has 5 nitrogen and oxygen atoms in total. The first-order valence-corrected chi connectivity index (χ1v) is 10.9. The number of nitrogens with one attached hydrogen (secondary N) is 1. The maximum Gasteiger partial charge on any atom is 0.270 e. The molecule has 158 valence electrons. The summed E-state index contributed by atoms with van der Waals surface area (Å²) in [4.78, 5) is 40.1. The Hall–Kier alpha value is -3.44. The van der Waals surface area contributed by atoms with Crippen LogP contribution in [-0.4, -0.2) is 22.7 Å². The van der Waals surface area contributed by atoms with Gasteiger partial charge in [-0.15, -0.1) is 0 Å². The SMILES string of the molecule is CC12c3ccccc3C(c3ccccc31)[C@@H]1C(=O)N(NC(=O)c3ccc(Cl)cc3)C(=O)[C@H]12. The van der Waals surface area contributed by atoms with E-state index >= 15 is 0 Å². The molecular weight excluding hydrogens is 424 g/mol. The summed E-state index contributed by atoms with van der Waals surface area (Å²) in [6, 6.07) is 22.4. The van der Waals surface area contributed by atoms with Gasteiger partial charge in [0.05, 0.1) is 11.8 Å². The Morgan fingerprint density at radius 2 is 1.44 bits per heavy atom. The molecule has 3 aromatic rings. The van der Waals surface area contributed by atoms with Crippen LogP contribution in [0.2, 0.25) is 5.02 Å². The summed E-state index contributed by atoms with van der Waals surface area (Å²) in [5, 5.41) is 1.44. The number of halogens is 1.